The molecule has 3 aromatic rings. The Labute approximate surface area is 124 Å². The highest BCUT2D eigenvalue weighted by Crippen LogP contribution is 2.50. The molecule has 0 bridgehead atoms. The molecule has 3 nitrogen and oxygen atoms in total. The van der Waals surface area contributed by atoms with E-state index in [1.165, 1.54) is 6.07 Å². The molecule has 2 heterocycles. The van der Waals surface area contributed by atoms with Crippen molar-refractivity contribution >= 4 is 5.65 Å². The molecule has 1 aliphatic rings. The quantitative estimate of drug-likeness (QED) is 0.738. The molecular weight excluding hydrogens is 291 g/mol. The van der Waals surface area contributed by atoms with E-state index in [1.807, 2.05) is 0 Å². The van der Waals surface area contributed by atoms with Crippen molar-refractivity contribution in [2.24, 2.45) is 5.92 Å². The number of benzene rings is 1. The second-order valence-corrected chi connectivity index (χ2v) is 5.61. The predicted molar refractivity (Wildman–Crippen MR) is 75.1 cm³/mol. The van der Waals surface area contributed by atoms with E-state index in [0.717, 1.165) is 0 Å². The molecule has 22 heavy (non-hydrogen) atoms. The number of halogens is 3. The summed E-state index contributed by atoms with van der Waals surface area (Å²) in [7, 11) is 0. The van der Waals surface area contributed by atoms with Crippen LogP contribution in [0.4, 0.5) is 13.2 Å². The van der Waals surface area contributed by atoms with Gasteiger partial charge >= 0.3 is 0 Å². The number of fused-ring (bicyclic) bond motifs is 1. The Morgan fingerprint density at radius 2 is 1.95 bits per heavy atom. The second kappa shape index (κ2) is 4.56. The van der Waals surface area contributed by atoms with Gasteiger partial charge in [-0.15, -0.1) is 10.2 Å². The van der Waals surface area contributed by atoms with Gasteiger partial charge in [0.15, 0.2) is 5.65 Å². The lowest BCUT2D eigenvalue weighted by Gasteiger charge is -2.04. The molecule has 1 fully saturated rings. The van der Waals surface area contributed by atoms with Gasteiger partial charge in [-0.1, -0.05) is 18.2 Å². The highest BCUT2D eigenvalue weighted by molar-refractivity contribution is 5.67. The molecule has 112 valence electrons. The Kier molecular flexibility index (Phi) is 2.76. The Bertz CT molecular complexity index is 857. The van der Waals surface area contributed by atoms with E-state index in [9.17, 15) is 13.2 Å². The van der Waals surface area contributed by atoms with E-state index in [-0.39, 0.29) is 18.7 Å². The molecule has 0 aliphatic heterocycles. The minimum absolute atomic E-state index is 0.0881. The average Bonchev–Trinajstić information content (AvgIpc) is 2.92. The third-order valence-electron chi connectivity index (χ3n) is 4.05. The zero-order valence-corrected chi connectivity index (χ0v) is 11.5. The normalized spacial score (nSPS) is 19.5. The van der Waals surface area contributed by atoms with Crippen molar-refractivity contribution in [2.75, 3.05) is 0 Å². The number of rotatable bonds is 3. The topological polar surface area (TPSA) is 30.2 Å². The van der Waals surface area contributed by atoms with Crippen molar-refractivity contribution in [3.05, 3.63) is 54.2 Å². The third-order valence-corrected chi connectivity index (χ3v) is 4.05. The number of hydrogen-bond donors (Lipinski definition) is 0. The van der Waals surface area contributed by atoms with Crippen molar-refractivity contribution in [1.29, 1.82) is 0 Å². The van der Waals surface area contributed by atoms with Gasteiger partial charge in [-0.3, -0.25) is 4.40 Å². The van der Waals surface area contributed by atoms with Crippen LogP contribution >= 0.6 is 0 Å². The number of aromatic nitrogens is 3. The van der Waals surface area contributed by atoms with Gasteiger partial charge < -0.3 is 0 Å². The van der Waals surface area contributed by atoms with E-state index in [2.05, 4.69) is 10.2 Å². The minimum atomic E-state index is -2.57. The van der Waals surface area contributed by atoms with Crippen LogP contribution in [0.5, 0.6) is 0 Å². The van der Waals surface area contributed by atoms with Crippen LogP contribution in [0.3, 0.4) is 0 Å². The molecule has 0 N–H and O–H groups in total. The van der Waals surface area contributed by atoms with Crippen molar-refractivity contribution < 1.29 is 13.2 Å². The van der Waals surface area contributed by atoms with Gasteiger partial charge in [-0.05, 0) is 23.8 Å². The van der Waals surface area contributed by atoms with Crippen molar-refractivity contribution in [1.82, 2.24) is 14.6 Å². The number of nitrogens with zero attached hydrogens (tertiary/aromatic N) is 3. The highest BCUT2D eigenvalue weighted by Gasteiger charge is 2.56. The summed E-state index contributed by atoms with van der Waals surface area (Å²) in [5, 5.41) is 7.99. The first-order valence-electron chi connectivity index (χ1n) is 7.01. The first-order chi connectivity index (χ1) is 10.5. The maximum atomic E-state index is 13.8. The molecule has 1 atom stereocenters. The fourth-order valence-electron chi connectivity index (χ4n) is 2.65. The lowest BCUT2D eigenvalue weighted by molar-refractivity contribution is 0.0984. The van der Waals surface area contributed by atoms with Gasteiger partial charge in [-0.2, -0.15) is 0 Å². The largest absolute Gasteiger partial charge is 0.286 e. The van der Waals surface area contributed by atoms with E-state index < -0.39 is 11.8 Å². The van der Waals surface area contributed by atoms with Crippen LogP contribution in [-0.4, -0.2) is 20.5 Å². The van der Waals surface area contributed by atoms with E-state index in [0.29, 0.717) is 22.6 Å². The van der Waals surface area contributed by atoms with Crippen LogP contribution in [0.25, 0.3) is 16.8 Å². The molecule has 1 aliphatic carbocycles. The molecule has 4 rings (SSSR count). The van der Waals surface area contributed by atoms with Gasteiger partial charge in [-0.25, -0.2) is 13.2 Å². The summed E-state index contributed by atoms with van der Waals surface area (Å²) in [6.07, 6.45) is 1.81. The highest BCUT2D eigenvalue weighted by atomic mass is 19.3. The summed E-state index contributed by atoms with van der Waals surface area (Å²) in [6, 6.07) is 9.91. The summed E-state index contributed by atoms with van der Waals surface area (Å²) in [5.41, 5.74) is 1.68. The van der Waals surface area contributed by atoms with Crippen LogP contribution in [0.1, 0.15) is 12.2 Å². The summed E-state index contributed by atoms with van der Waals surface area (Å²) in [6.45, 7) is 0. The Morgan fingerprint density at radius 3 is 2.68 bits per heavy atom. The molecular formula is C16H12F3N3. The maximum absolute atomic E-state index is 13.8. The van der Waals surface area contributed by atoms with Crippen molar-refractivity contribution in [3.63, 3.8) is 0 Å². The molecule has 1 saturated carbocycles. The number of alkyl halides is 2. The SMILES string of the molecule is Fc1ccccc1-c1ccn2c(CC3CC3(F)F)nnc2c1. The summed E-state index contributed by atoms with van der Waals surface area (Å²) in [4.78, 5) is 0. The maximum Gasteiger partial charge on any atom is 0.252 e. The minimum Gasteiger partial charge on any atom is -0.286 e. The lowest BCUT2D eigenvalue weighted by atomic mass is 10.1. The van der Waals surface area contributed by atoms with E-state index >= 15 is 0 Å². The Morgan fingerprint density at radius 1 is 1.18 bits per heavy atom. The zero-order valence-electron chi connectivity index (χ0n) is 11.5. The molecule has 0 spiro atoms. The zero-order chi connectivity index (χ0) is 15.3. The molecule has 1 aromatic carbocycles. The molecule has 6 heteroatoms. The molecule has 1 unspecified atom stereocenters. The summed E-state index contributed by atoms with van der Waals surface area (Å²) < 4.78 is 41.5. The molecule has 0 saturated heterocycles. The lowest BCUT2D eigenvalue weighted by Crippen LogP contribution is -2.02. The predicted octanol–water partition coefficient (Wildman–Crippen LogP) is 3.73. The van der Waals surface area contributed by atoms with Crippen LogP contribution in [-0.2, 0) is 6.42 Å². The molecule has 2 aromatic heterocycles. The van der Waals surface area contributed by atoms with Crippen LogP contribution in [0.2, 0.25) is 0 Å². The van der Waals surface area contributed by atoms with Gasteiger partial charge in [0.05, 0.1) is 0 Å². The van der Waals surface area contributed by atoms with Gasteiger partial charge in [0, 0.05) is 30.5 Å². The van der Waals surface area contributed by atoms with Crippen LogP contribution in [0.15, 0.2) is 42.6 Å². The second-order valence-electron chi connectivity index (χ2n) is 5.61. The summed E-state index contributed by atoms with van der Waals surface area (Å²) in [5.74, 6) is -3.02. The van der Waals surface area contributed by atoms with Crippen LogP contribution in [0, 0.1) is 11.7 Å². The first kappa shape index (κ1) is 13.3. The molecule has 0 amide bonds. The number of hydrogen-bond acceptors (Lipinski definition) is 2. The van der Waals surface area contributed by atoms with Crippen LogP contribution < -0.4 is 0 Å². The fourth-order valence-corrected chi connectivity index (χ4v) is 2.65. The van der Waals surface area contributed by atoms with Crippen molar-refractivity contribution in [2.45, 2.75) is 18.8 Å². The monoisotopic (exact) mass is 303 g/mol. The Balaban J connectivity index is 1.70. The first-order valence-corrected chi connectivity index (χ1v) is 7.01. The third kappa shape index (κ3) is 2.15. The molecule has 0 radical (unpaired) electrons. The smallest absolute Gasteiger partial charge is 0.252 e. The van der Waals surface area contributed by atoms with Gasteiger partial charge in [0.25, 0.3) is 5.92 Å². The van der Waals surface area contributed by atoms with E-state index in [4.69, 9.17) is 0 Å². The Hall–Kier alpha value is -2.37. The number of pyridine rings is 1. The van der Waals surface area contributed by atoms with Crippen molar-refractivity contribution in [3.8, 4) is 11.1 Å². The average molecular weight is 303 g/mol. The van der Waals surface area contributed by atoms with E-state index in [1.54, 1.807) is 40.9 Å². The van der Waals surface area contributed by atoms with Gasteiger partial charge in [0.2, 0.25) is 0 Å². The standard InChI is InChI=1S/C16H12F3N3/c17-13-4-2-1-3-12(13)10-5-6-22-14(7-10)20-21-15(22)8-11-9-16(11,18)19/h1-7,11H,8-9H2. The summed E-state index contributed by atoms with van der Waals surface area (Å²) >= 11 is 0. The van der Waals surface area contributed by atoms with Gasteiger partial charge in [0.1, 0.15) is 11.6 Å². The fraction of sp³-hybridized carbons (Fsp3) is 0.250.